The van der Waals surface area contributed by atoms with Gasteiger partial charge < -0.3 is 24.1 Å². The third-order valence-corrected chi connectivity index (χ3v) is 6.75. The van der Waals surface area contributed by atoms with Gasteiger partial charge in [-0.25, -0.2) is 4.98 Å². The minimum atomic E-state index is -0.171. The van der Waals surface area contributed by atoms with Crippen molar-refractivity contribution >= 4 is 32.9 Å². The summed E-state index contributed by atoms with van der Waals surface area (Å²) in [7, 11) is 4.61. The minimum Gasteiger partial charge on any atom is -0.493 e. The Morgan fingerprint density at radius 3 is 2.38 bits per heavy atom. The zero-order valence-corrected chi connectivity index (χ0v) is 23.0. The Hall–Kier alpha value is -3.52. The van der Waals surface area contributed by atoms with Crippen molar-refractivity contribution in [3.8, 4) is 17.2 Å². The molecule has 0 aliphatic carbocycles. The molecule has 7 nitrogen and oxygen atoms in total. The number of hydrogen-bond donors (Lipinski definition) is 1. The number of nitrogens with one attached hydrogen (secondary N) is 1. The van der Waals surface area contributed by atoms with Gasteiger partial charge in [-0.05, 0) is 54.8 Å². The number of carbonyl (C=O) groups excluding carboxylic acids is 1. The van der Waals surface area contributed by atoms with Gasteiger partial charge >= 0.3 is 0 Å². The second-order valence-corrected chi connectivity index (χ2v) is 9.63. The fraction of sp³-hybridized carbons (Fsp3) is 0.310. The summed E-state index contributed by atoms with van der Waals surface area (Å²) in [5.74, 6) is 2.29. The van der Waals surface area contributed by atoms with Crippen LogP contribution in [0.2, 0.25) is 0 Å². The molecule has 4 rings (SSSR count). The lowest BCUT2D eigenvalue weighted by Gasteiger charge is -2.14. The quantitative estimate of drug-likeness (QED) is 0.213. The van der Waals surface area contributed by atoms with E-state index < -0.39 is 0 Å². The molecule has 1 amide bonds. The maximum Gasteiger partial charge on any atom is 0.251 e. The molecule has 0 saturated heterocycles. The number of aromatic nitrogens is 2. The Morgan fingerprint density at radius 2 is 1.68 bits per heavy atom. The van der Waals surface area contributed by atoms with E-state index in [0.29, 0.717) is 29.4 Å². The van der Waals surface area contributed by atoms with Gasteiger partial charge in [-0.2, -0.15) is 0 Å². The molecule has 0 unspecified atom stereocenters. The molecule has 0 radical (unpaired) electrons. The topological polar surface area (TPSA) is 74.6 Å². The lowest BCUT2D eigenvalue weighted by Crippen LogP contribution is -2.24. The smallest absolute Gasteiger partial charge is 0.251 e. The second kappa shape index (κ2) is 12.6. The van der Waals surface area contributed by atoms with Gasteiger partial charge in [-0.15, -0.1) is 0 Å². The number of rotatable bonds is 12. The summed E-state index contributed by atoms with van der Waals surface area (Å²) in [4.78, 5) is 17.6. The number of halogens is 1. The number of para-hydroxylation sites is 2. The highest BCUT2D eigenvalue weighted by Gasteiger charge is 2.17. The van der Waals surface area contributed by atoms with Crippen molar-refractivity contribution in [1.82, 2.24) is 14.9 Å². The number of benzene rings is 3. The van der Waals surface area contributed by atoms with Gasteiger partial charge in [0.25, 0.3) is 5.91 Å². The summed E-state index contributed by atoms with van der Waals surface area (Å²) in [6.45, 7) is 1.37. The van der Waals surface area contributed by atoms with Crippen LogP contribution in [0.25, 0.3) is 11.0 Å². The molecule has 0 fully saturated rings. The summed E-state index contributed by atoms with van der Waals surface area (Å²) in [6.07, 6.45) is 3.73. The van der Waals surface area contributed by atoms with Crippen LogP contribution in [0.4, 0.5) is 0 Å². The van der Waals surface area contributed by atoms with E-state index in [1.807, 2.05) is 12.1 Å². The Balaban J connectivity index is 1.32. The standard InChI is InChI=1S/C29H32BrN3O4/c1-35-25-17-21(18-26(36-2)28(25)37-3)29(34)31-15-8-4-5-14-27-32-23-12-6-7-13-24(23)33(27)19-20-10-9-11-22(30)16-20/h6-7,9-13,16-18H,4-5,8,14-15,19H2,1-3H3,(H,31,34). The molecule has 0 atom stereocenters. The van der Waals surface area contributed by atoms with Gasteiger partial charge in [0, 0.05) is 29.5 Å². The summed E-state index contributed by atoms with van der Waals surface area (Å²) in [5.41, 5.74) is 3.87. The predicted octanol–water partition coefficient (Wildman–Crippen LogP) is 6.02. The normalized spacial score (nSPS) is 10.9. The molecule has 1 aromatic heterocycles. The zero-order valence-electron chi connectivity index (χ0n) is 21.4. The lowest BCUT2D eigenvalue weighted by atomic mass is 10.1. The summed E-state index contributed by atoms with van der Waals surface area (Å²) in [5, 5.41) is 2.99. The van der Waals surface area contributed by atoms with Crippen LogP contribution in [-0.2, 0) is 13.0 Å². The van der Waals surface area contributed by atoms with Crippen molar-refractivity contribution in [3.63, 3.8) is 0 Å². The van der Waals surface area contributed by atoms with E-state index in [4.69, 9.17) is 19.2 Å². The number of amides is 1. The molecule has 4 aromatic rings. The Labute approximate surface area is 225 Å². The number of hydrogen-bond acceptors (Lipinski definition) is 5. The van der Waals surface area contributed by atoms with E-state index in [1.165, 1.54) is 26.9 Å². The van der Waals surface area contributed by atoms with Crippen molar-refractivity contribution in [2.24, 2.45) is 0 Å². The monoisotopic (exact) mass is 565 g/mol. The molecule has 8 heteroatoms. The van der Waals surface area contributed by atoms with E-state index in [2.05, 4.69) is 62.2 Å². The molecular weight excluding hydrogens is 534 g/mol. The second-order valence-electron chi connectivity index (χ2n) is 8.71. The van der Waals surface area contributed by atoms with E-state index >= 15 is 0 Å². The largest absolute Gasteiger partial charge is 0.493 e. The number of fused-ring (bicyclic) bond motifs is 1. The molecule has 3 aromatic carbocycles. The first kappa shape index (κ1) is 26.5. The number of imidazole rings is 1. The fourth-order valence-corrected chi connectivity index (χ4v) is 4.86. The van der Waals surface area contributed by atoms with Gasteiger partial charge in [-0.3, -0.25) is 4.79 Å². The number of ether oxygens (including phenoxy) is 3. The Bertz CT molecular complexity index is 1340. The lowest BCUT2D eigenvalue weighted by molar-refractivity contribution is 0.0952. The average Bonchev–Trinajstić information content (AvgIpc) is 3.26. The van der Waals surface area contributed by atoms with Crippen molar-refractivity contribution in [2.45, 2.75) is 32.2 Å². The number of aryl methyl sites for hydroxylation is 1. The van der Waals surface area contributed by atoms with Gasteiger partial charge in [0.2, 0.25) is 5.75 Å². The minimum absolute atomic E-state index is 0.171. The van der Waals surface area contributed by atoms with Gasteiger partial charge in [0.15, 0.2) is 11.5 Å². The fourth-order valence-electron chi connectivity index (χ4n) is 4.41. The number of nitrogens with zero attached hydrogens (tertiary/aromatic N) is 2. The third kappa shape index (κ3) is 6.43. The van der Waals surface area contributed by atoms with Crippen LogP contribution in [0.1, 0.15) is 41.0 Å². The first-order valence-electron chi connectivity index (χ1n) is 12.3. The van der Waals surface area contributed by atoms with Crippen LogP contribution >= 0.6 is 15.9 Å². The molecule has 1 N–H and O–H groups in total. The summed E-state index contributed by atoms with van der Waals surface area (Å²) >= 11 is 3.57. The molecule has 0 bridgehead atoms. The van der Waals surface area contributed by atoms with E-state index in [0.717, 1.165) is 53.6 Å². The molecule has 194 valence electrons. The van der Waals surface area contributed by atoms with Crippen LogP contribution in [0.3, 0.4) is 0 Å². The van der Waals surface area contributed by atoms with Gasteiger partial charge in [0.05, 0.1) is 32.4 Å². The highest BCUT2D eigenvalue weighted by molar-refractivity contribution is 9.10. The molecule has 0 aliphatic rings. The van der Waals surface area contributed by atoms with Crippen molar-refractivity contribution in [1.29, 1.82) is 0 Å². The van der Waals surface area contributed by atoms with Gasteiger partial charge in [-0.1, -0.05) is 46.6 Å². The zero-order chi connectivity index (χ0) is 26.2. The third-order valence-electron chi connectivity index (χ3n) is 6.25. The number of methoxy groups -OCH3 is 3. The van der Waals surface area contributed by atoms with Crippen molar-refractivity contribution < 1.29 is 19.0 Å². The van der Waals surface area contributed by atoms with E-state index in [9.17, 15) is 4.79 Å². The summed E-state index contributed by atoms with van der Waals surface area (Å²) in [6, 6.07) is 20.0. The summed E-state index contributed by atoms with van der Waals surface area (Å²) < 4.78 is 19.4. The highest BCUT2D eigenvalue weighted by atomic mass is 79.9. The van der Waals surface area contributed by atoms with Crippen LogP contribution in [0.15, 0.2) is 65.1 Å². The number of carbonyl (C=O) groups is 1. The molecular formula is C29H32BrN3O4. The van der Waals surface area contributed by atoms with E-state index in [-0.39, 0.29) is 5.91 Å². The van der Waals surface area contributed by atoms with Crippen molar-refractivity contribution in [2.75, 3.05) is 27.9 Å². The maximum atomic E-state index is 12.7. The predicted molar refractivity (Wildman–Crippen MR) is 149 cm³/mol. The first-order chi connectivity index (χ1) is 18.0. The SMILES string of the molecule is COc1cc(C(=O)NCCCCCc2nc3ccccc3n2Cc2cccc(Br)c2)cc(OC)c1OC. The molecule has 0 aliphatic heterocycles. The van der Waals surface area contributed by atoms with Crippen LogP contribution in [0, 0.1) is 0 Å². The average molecular weight is 566 g/mol. The van der Waals surface area contributed by atoms with Crippen LogP contribution in [-0.4, -0.2) is 43.3 Å². The van der Waals surface area contributed by atoms with Crippen molar-refractivity contribution in [3.05, 3.63) is 82.1 Å². The molecule has 0 spiro atoms. The Morgan fingerprint density at radius 1 is 0.919 bits per heavy atom. The highest BCUT2D eigenvalue weighted by Crippen LogP contribution is 2.38. The van der Waals surface area contributed by atoms with Crippen LogP contribution in [0.5, 0.6) is 17.2 Å². The Kier molecular flexibility index (Phi) is 9.06. The van der Waals surface area contributed by atoms with Crippen LogP contribution < -0.4 is 19.5 Å². The molecule has 37 heavy (non-hydrogen) atoms. The maximum absolute atomic E-state index is 12.7. The van der Waals surface area contributed by atoms with Gasteiger partial charge in [0.1, 0.15) is 5.82 Å². The molecule has 1 heterocycles. The number of unbranched alkanes of at least 4 members (excludes halogenated alkanes) is 2. The first-order valence-corrected chi connectivity index (χ1v) is 13.1. The molecule has 0 saturated carbocycles. The van der Waals surface area contributed by atoms with E-state index in [1.54, 1.807) is 12.1 Å².